The number of carbonyl (C=O) groups excluding carboxylic acids is 3. The minimum Gasteiger partial charge on any atom is -0.481 e. The van der Waals surface area contributed by atoms with E-state index in [-0.39, 0.29) is 24.5 Å². The minimum atomic E-state index is -1.11. The van der Waals surface area contributed by atoms with E-state index in [0.29, 0.717) is 25.8 Å². The van der Waals surface area contributed by atoms with Crippen molar-refractivity contribution < 1.29 is 34.2 Å². The molecule has 0 aromatic heterocycles. The van der Waals surface area contributed by atoms with Crippen molar-refractivity contribution in [3.05, 3.63) is 0 Å². The van der Waals surface area contributed by atoms with Gasteiger partial charge in [0.05, 0.1) is 6.04 Å². The lowest BCUT2D eigenvalue weighted by Crippen LogP contribution is -2.57. The number of nitrogens with zero attached hydrogens (tertiary/aromatic N) is 1. The zero-order valence-corrected chi connectivity index (χ0v) is 18.6. The van der Waals surface area contributed by atoms with Crippen LogP contribution >= 0.6 is 12.6 Å². The minimum absolute atomic E-state index is 0.0358. The Morgan fingerprint density at radius 3 is 2.23 bits per heavy atom. The van der Waals surface area contributed by atoms with Crippen LogP contribution in [-0.2, 0) is 24.0 Å². The predicted octanol–water partition coefficient (Wildman–Crippen LogP) is -0.800. The van der Waals surface area contributed by atoms with Crippen LogP contribution in [-0.4, -0.2) is 81.2 Å². The van der Waals surface area contributed by atoms with Gasteiger partial charge in [-0.1, -0.05) is 13.8 Å². The van der Waals surface area contributed by atoms with E-state index in [1.807, 2.05) is 13.8 Å². The summed E-state index contributed by atoms with van der Waals surface area (Å²) in [6.07, 6.45) is 0.820. The zero-order chi connectivity index (χ0) is 23.7. The number of hydrogen-bond donors (Lipinski definition) is 6. The highest BCUT2D eigenvalue weighted by Gasteiger charge is 2.38. The number of aliphatic carboxylic acids is 2. The third-order valence-electron chi connectivity index (χ3n) is 4.96. The summed E-state index contributed by atoms with van der Waals surface area (Å²) in [5.41, 5.74) is 5.66. The first kappa shape index (κ1) is 26.7. The monoisotopic (exact) mass is 460 g/mol. The molecule has 31 heavy (non-hydrogen) atoms. The van der Waals surface area contributed by atoms with Gasteiger partial charge in [0, 0.05) is 18.7 Å². The Bertz CT molecular complexity index is 688. The molecule has 1 rings (SSSR count). The molecule has 1 fully saturated rings. The number of thiol groups is 1. The quantitative estimate of drug-likeness (QED) is 0.205. The van der Waals surface area contributed by atoms with Gasteiger partial charge in [-0.05, 0) is 31.6 Å². The Morgan fingerprint density at radius 2 is 1.71 bits per heavy atom. The first-order valence-electron chi connectivity index (χ1n) is 10.2. The summed E-state index contributed by atoms with van der Waals surface area (Å²) in [5.74, 6) is -4.05. The van der Waals surface area contributed by atoms with E-state index in [1.165, 1.54) is 4.90 Å². The van der Waals surface area contributed by atoms with Crippen molar-refractivity contribution >= 4 is 42.3 Å². The predicted molar refractivity (Wildman–Crippen MR) is 114 cm³/mol. The first-order chi connectivity index (χ1) is 14.5. The van der Waals surface area contributed by atoms with Gasteiger partial charge in [-0.25, -0.2) is 4.79 Å². The van der Waals surface area contributed by atoms with Crippen molar-refractivity contribution in [1.29, 1.82) is 0 Å². The topological polar surface area (TPSA) is 179 Å². The van der Waals surface area contributed by atoms with Crippen molar-refractivity contribution in [2.45, 2.75) is 70.1 Å². The highest BCUT2D eigenvalue weighted by molar-refractivity contribution is 7.80. The van der Waals surface area contributed by atoms with Crippen LogP contribution < -0.4 is 16.4 Å². The summed E-state index contributed by atoms with van der Waals surface area (Å²) in [6.45, 7) is 4.03. The molecule has 0 saturated carbocycles. The zero-order valence-electron chi connectivity index (χ0n) is 17.7. The average Bonchev–Trinajstić information content (AvgIpc) is 3.18. The molecule has 4 unspecified atom stereocenters. The molecule has 1 saturated heterocycles. The van der Waals surface area contributed by atoms with Crippen molar-refractivity contribution in [2.75, 3.05) is 12.3 Å². The molecule has 1 heterocycles. The van der Waals surface area contributed by atoms with Crippen molar-refractivity contribution in [3.8, 4) is 0 Å². The number of carbonyl (C=O) groups is 5. The van der Waals surface area contributed by atoms with Gasteiger partial charge in [0.25, 0.3) is 0 Å². The summed E-state index contributed by atoms with van der Waals surface area (Å²) < 4.78 is 0. The molecule has 1 aliphatic heterocycles. The molecule has 0 bridgehead atoms. The molecule has 11 nitrogen and oxygen atoms in total. The van der Waals surface area contributed by atoms with Gasteiger partial charge in [0.15, 0.2) is 0 Å². The second kappa shape index (κ2) is 12.5. The van der Waals surface area contributed by atoms with Gasteiger partial charge >= 0.3 is 11.9 Å². The number of carboxylic acid groups (broad SMARTS) is 2. The average molecular weight is 461 g/mol. The fourth-order valence-corrected chi connectivity index (χ4v) is 3.59. The number of nitrogens with two attached hydrogens (primary N) is 1. The fraction of sp³-hybridized carbons (Fsp3) is 0.737. The molecule has 176 valence electrons. The second-order valence-corrected chi connectivity index (χ2v) is 8.37. The maximum absolute atomic E-state index is 13.0. The molecular formula is C19H32N4O7S. The van der Waals surface area contributed by atoms with Crippen LogP contribution in [0, 0.1) is 5.92 Å². The summed E-state index contributed by atoms with van der Waals surface area (Å²) in [6, 6.07) is -4.08. The normalized spacial score (nSPS) is 18.9. The molecule has 0 aliphatic carbocycles. The lowest BCUT2D eigenvalue weighted by atomic mass is 10.0. The molecule has 3 amide bonds. The molecule has 0 spiro atoms. The van der Waals surface area contributed by atoms with Gasteiger partial charge < -0.3 is 31.5 Å². The number of amides is 3. The van der Waals surface area contributed by atoms with Crippen LogP contribution in [0.15, 0.2) is 0 Å². The Labute approximate surface area is 186 Å². The Morgan fingerprint density at radius 1 is 1.10 bits per heavy atom. The van der Waals surface area contributed by atoms with E-state index in [9.17, 15) is 29.1 Å². The molecule has 0 aromatic carbocycles. The number of likely N-dealkylation sites (tertiary alicyclic amines) is 1. The SMILES string of the molecule is CC(C)CC(NC(=O)C(CS)NC(=O)C(N)CCC(=O)O)C(=O)N1CCCC1C(=O)O. The van der Waals surface area contributed by atoms with E-state index >= 15 is 0 Å². The Balaban J connectivity index is 2.84. The summed E-state index contributed by atoms with van der Waals surface area (Å²) in [4.78, 5) is 61.2. The van der Waals surface area contributed by atoms with Gasteiger partial charge in [0.1, 0.15) is 18.1 Å². The third kappa shape index (κ3) is 8.37. The molecule has 0 aromatic rings. The second-order valence-electron chi connectivity index (χ2n) is 8.00. The maximum Gasteiger partial charge on any atom is 0.326 e. The van der Waals surface area contributed by atoms with E-state index in [4.69, 9.17) is 10.8 Å². The lowest BCUT2D eigenvalue weighted by Gasteiger charge is -2.29. The largest absolute Gasteiger partial charge is 0.481 e. The number of rotatable bonds is 12. The molecule has 12 heteroatoms. The van der Waals surface area contributed by atoms with E-state index in [2.05, 4.69) is 23.3 Å². The fourth-order valence-electron chi connectivity index (χ4n) is 3.34. The van der Waals surface area contributed by atoms with Crippen LogP contribution in [0.4, 0.5) is 0 Å². The Kier molecular flexibility index (Phi) is 10.8. The number of hydrogen-bond acceptors (Lipinski definition) is 7. The summed E-state index contributed by atoms with van der Waals surface area (Å²) >= 11 is 4.07. The van der Waals surface area contributed by atoms with Gasteiger partial charge in [0.2, 0.25) is 17.7 Å². The Hall–Kier alpha value is -2.34. The molecule has 0 radical (unpaired) electrons. The van der Waals surface area contributed by atoms with Gasteiger partial charge in [-0.3, -0.25) is 19.2 Å². The van der Waals surface area contributed by atoms with Crippen LogP contribution in [0.5, 0.6) is 0 Å². The standard InChI is InChI=1S/C19H32N4O7S/c1-10(2)8-12(18(28)23-7-3-4-14(23)19(29)30)21-17(27)13(9-31)22-16(26)11(20)5-6-15(24)25/h10-14,31H,3-9,20H2,1-2H3,(H,21,27)(H,22,26)(H,24,25)(H,29,30). The van der Waals surface area contributed by atoms with Crippen molar-refractivity contribution in [1.82, 2.24) is 15.5 Å². The van der Waals surface area contributed by atoms with Crippen LogP contribution in [0.1, 0.15) is 46.0 Å². The smallest absolute Gasteiger partial charge is 0.326 e. The van der Waals surface area contributed by atoms with Crippen LogP contribution in [0.25, 0.3) is 0 Å². The molecule has 4 atom stereocenters. The third-order valence-corrected chi connectivity index (χ3v) is 5.33. The highest BCUT2D eigenvalue weighted by atomic mass is 32.1. The summed E-state index contributed by atoms with van der Waals surface area (Å²) in [7, 11) is 0. The van der Waals surface area contributed by atoms with Gasteiger partial charge in [-0.15, -0.1) is 0 Å². The molecule has 1 aliphatic rings. The highest BCUT2D eigenvalue weighted by Crippen LogP contribution is 2.20. The van der Waals surface area contributed by atoms with Crippen molar-refractivity contribution in [2.24, 2.45) is 11.7 Å². The van der Waals surface area contributed by atoms with Crippen LogP contribution in [0.3, 0.4) is 0 Å². The van der Waals surface area contributed by atoms with Gasteiger partial charge in [-0.2, -0.15) is 12.6 Å². The maximum atomic E-state index is 13.0. The van der Waals surface area contributed by atoms with Crippen molar-refractivity contribution in [3.63, 3.8) is 0 Å². The van der Waals surface area contributed by atoms with E-state index < -0.39 is 53.8 Å². The molecule has 6 N–H and O–H groups in total. The van der Waals surface area contributed by atoms with Crippen LogP contribution in [0.2, 0.25) is 0 Å². The molecular weight excluding hydrogens is 428 g/mol. The van der Waals surface area contributed by atoms with E-state index in [1.54, 1.807) is 0 Å². The summed E-state index contributed by atoms with van der Waals surface area (Å²) in [5, 5.41) is 23.1. The number of nitrogens with one attached hydrogen (secondary N) is 2. The number of carboxylic acids is 2. The van der Waals surface area contributed by atoms with E-state index in [0.717, 1.165) is 0 Å². The lowest BCUT2D eigenvalue weighted by molar-refractivity contribution is -0.149. The first-order valence-corrected chi connectivity index (χ1v) is 10.8.